The van der Waals surface area contributed by atoms with Gasteiger partial charge in [-0.15, -0.1) is 0 Å². The Morgan fingerprint density at radius 2 is 1.69 bits per heavy atom. The fourth-order valence-electron chi connectivity index (χ4n) is 2.98. The van der Waals surface area contributed by atoms with Crippen molar-refractivity contribution in [3.63, 3.8) is 0 Å². The van der Waals surface area contributed by atoms with Crippen LogP contribution in [0.3, 0.4) is 0 Å². The second-order valence-corrected chi connectivity index (χ2v) is 9.55. The summed E-state index contributed by atoms with van der Waals surface area (Å²) < 4.78 is 42.4. The molecule has 6 nitrogen and oxygen atoms in total. The highest BCUT2D eigenvalue weighted by molar-refractivity contribution is 7.89. The number of sulfonamides is 1. The summed E-state index contributed by atoms with van der Waals surface area (Å²) in [5.41, 5.74) is 2.58. The van der Waals surface area contributed by atoms with Crippen molar-refractivity contribution in [2.75, 3.05) is 12.9 Å². The van der Waals surface area contributed by atoms with E-state index in [2.05, 4.69) is 0 Å². The Hall–Kier alpha value is -2.81. The Morgan fingerprint density at radius 1 is 1.06 bits per heavy atom. The lowest BCUT2D eigenvalue weighted by Gasteiger charge is -2.13. The SMILES string of the molecule is CS(=O)(=O)NC(=O)COc1cc(Cl)c(Cc2ccc(O)c(-c3ccc(F)cc3)c2)c(Cl)c1. The second kappa shape index (κ2) is 9.77. The predicted octanol–water partition coefficient (Wildman–Crippen LogP) is 4.55. The van der Waals surface area contributed by atoms with Gasteiger partial charge in [0, 0.05) is 22.0 Å². The molecule has 0 fully saturated rings. The van der Waals surface area contributed by atoms with Gasteiger partial charge in [0.15, 0.2) is 6.61 Å². The molecule has 0 bridgehead atoms. The first-order valence-electron chi connectivity index (χ1n) is 9.21. The molecule has 0 unspecified atom stereocenters. The molecule has 0 aliphatic carbocycles. The summed E-state index contributed by atoms with van der Waals surface area (Å²) in [6, 6.07) is 13.7. The van der Waals surface area contributed by atoms with E-state index in [0.29, 0.717) is 23.1 Å². The van der Waals surface area contributed by atoms with Crippen molar-refractivity contribution in [3.8, 4) is 22.6 Å². The van der Waals surface area contributed by atoms with Crippen molar-refractivity contribution >= 4 is 39.1 Å². The van der Waals surface area contributed by atoms with Crippen molar-refractivity contribution in [2.45, 2.75) is 6.42 Å². The molecular weight excluding hydrogens is 480 g/mol. The number of phenolic OH excluding ortho intramolecular Hbond substituents is 1. The fraction of sp³-hybridized carbons (Fsp3) is 0.136. The van der Waals surface area contributed by atoms with Crippen LogP contribution in [-0.4, -0.2) is 32.3 Å². The zero-order valence-electron chi connectivity index (χ0n) is 16.7. The molecule has 0 aromatic heterocycles. The Morgan fingerprint density at radius 3 is 2.28 bits per heavy atom. The normalized spacial score (nSPS) is 11.2. The zero-order chi connectivity index (χ0) is 23.5. The third kappa shape index (κ3) is 6.35. The van der Waals surface area contributed by atoms with E-state index in [-0.39, 0.29) is 27.4 Å². The molecule has 3 rings (SSSR count). The van der Waals surface area contributed by atoms with E-state index in [9.17, 15) is 22.7 Å². The molecule has 0 radical (unpaired) electrons. The number of ether oxygens (including phenoxy) is 1. The molecule has 3 aromatic carbocycles. The van der Waals surface area contributed by atoms with Crippen LogP contribution < -0.4 is 9.46 Å². The monoisotopic (exact) mass is 497 g/mol. The average Bonchev–Trinajstić information content (AvgIpc) is 2.70. The standard InChI is InChI=1S/C22H18Cl2FNO5S/c1-32(29,30)26-22(28)12-31-16-10-19(23)18(20(24)11-16)9-13-2-7-21(27)17(8-13)14-3-5-15(25)6-4-14/h2-8,10-11,27H,9,12H2,1H3,(H,26,28). The lowest BCUT2D eigenvalue weighted by Crippen LogP contribution is -2.33. The zero-order valence-corrected chi connectivity index (χ0v) is 19.1. The number of benzene rings is 3. The lowest BCUT2D eigenvalue weighted by atomic mass is 9.98. The quantitative estimate of drug-likeness (QED) is 0.499. The number of aromatic hydroxyl groups is 1. The highest BCUT2D eigenvalue weighted by Crippen LogP contribution is 2.35. The summed E-state index contributed by atoms with van der Waals surface area (Å²) in [4.78, 5) is 11.6. The molecular formula is C22H18Cl2FNO5S. The molecule has 0 saturated heterocycles. The van der Waals surface area contributed by atoms with Crippen molar-refractivity contribution in [2.24, 2.45) is 0 Å². The number of hydrogen-bond acceptors (Lipinski definition) is 5. The first-order valence-corrected chi connectivity index (χ1v) is 11.9. The molecule has 10 heteroatoms. The van der Waals surface area contributed by atoms with E-state index in [1.165, 1.54) is 30.3 Å². The second-order valence-electron chi connectivity index (χ2n) is 6.99. The first kappa shape index (κ1) is 23.8. The van der Waals surface area contributed by atoms with Gasteiger partial charge in [0.1, 0.15) is 17.3 Å². The van der Waals surface area contributed by atoms with E-state index < -0.39 is 22.5 Å². The number of hydrogen-bond donors (Lipinski definition) is 2. The van der Waals surface area contributed by atoms with Crippen molar-refractivity contribution < 1.29 is 27.4 Å². The number of nitrogens with one attached hydrogen (secondary N) is 1. The van der Waals surface area contributed by atoms with Crippen LogP contribution in [0.5, 0.6) is 11.5 Å². The van der Waals surface area contributed by atoms with Crippen molar-refractivity contribution in [1.82, 2.24) is 4.72 Å². The van der Waals surface area contributed by atoms with Crippen LogP contribution in [0.15, 0.2) is 54.6 Å². The Kier molecular flexibility index (Phi) is 7.28. The smallest absolute Gasteiger partial charge is 0.271 e. The van der Waals surface area contributed by atoms with Crippen LogP contribution in [0.4, 0.5) is 4.39 Å². The van der Waals surface area contributed by atoms with Gasteiger partial charge in [0.05, 0.1) is 6.26 Å². The maximum Gasteiger partial charge on any atom is 0.271 e. The summed E-state index contributed by atoms with van der Waals surface area (Å²) in [5, 5.41) is 10.8. The number of carbonyl (C=O) groups is 1. The van der Waals surface area contributed by atoms with Gasteiger partial charge >= 0.3 is 0 Å². The Labute approximate surface area is 194 Å². The first-order chi connectivity index (χ1) is 15.0. The number of carbonyl (C=O) groups excluding carboxylic acids is 1. The van der Waals surface area contributed by atoms with E-state index in [1.54, 1.807) is 29.0 Å². The van der Waals surface area contributed by atoms with Gasteiger partial charge in [-0.1, -0.05) is 41.4 Å². The van der Waals surface area contributed by atoms with Gasteiger partial charge in [-0.25, -0.2) is 12.8 Å². The van der Waals surface area contributed by atoms with Crippen LogP contribution >= 0.6 is 23.2 Å². The Balaban J connectivity index is 1.79. The summed E-state index contributed by atoms with van der Waals surface area (Å²) in [6.45, 7) is -0.530. The Bertz CT molecular complexity index is 1240. The van der Waals surface area contributed by atoms with Gasteiger partial charge in [0.2, 0.25) is 10.0 Å². The summed E-state index contributed by atoms with van der Waals surface area (Å²) in [7, 11) is -3.68. The molecule has 0 spiro atoms. The number of amides is 1. The van der Waals surface area contributed by atoms with Gasteiger partial charge in [-0.05, 0) is 53.1 Å². The fourth-order valence-corrected chi connectivity index (χ4v) is 4.05. The number of halogens is 3. The van der Waals surface area contributed by atoms with Gasteiger partial charge in [0.25, 0.3) is 5.91 Å². The van der Waals surface area contributed by atoms with Gasteiger partial charge in [-0.3, -0.25) is 9.52 Å². The van der Waals surface area contributed by atoms with Crippen molar-refractivity contribution in [3.05, 3.63) is 81.6 Å². The molecule has 32 heavy (non-hydrogen) atoms. The molecule has 0 atom stereocenters. The molecule has 0 aliphatic rings. The number of rotatable bonds is 7. The summed E-state index contributed by atoms with van der Waals surface area (Å²) in [5.74, 6) is -0.959. The van der Waals surface area contributed by atoms with E-state index in [0.717, 1.165) is 11.8 Å². The van der Waals surface area contributed by atoms with Crippen LogP contribution in [0.1, 0.15) is 11.1 Å². The van der Waals surface area contributed by atoms with E-state index >= 15 is 0 Å². The summed E-state index contributed by atoms with van der Waals surface area (Å²) in [6.07, 6.45) is 1.19. The van der Waals surface area contributed by atoms with Crippen molar-refractivity contribution in [1.29, 1.82) is 0 Å². The lowest BCUT2D eigenvalue weighted by molar-refractivity contribution is -0.121. The molecule has 0 saturated carbocycles. The molecule has 0 heterocycles. The van der Waals surface area contributed by atoms with Crippen LogP contribution in [0.2, 0.25) is 10.0 Å². The van der Waals surface area contributed by atoms with E-state index in [4.69, 9.17) is 27.9 Å². The predicted molar refractivity (Wildman–Crippen MR) is 121 cm³/mol. The average molecular weight is 498 g/mol. The molecule has 3 aromatic rings. The molecule has 1 amide bonds. The third-order valence-corrected chi connectivity index (χ3v) is 5.65. The molecule has 168 valence electrons. The van der Waals surface area contributed by atoms with Crippen LogP contribution in [0, 0.1) is 5.82 Å². The van der Waals surface area contributed by atoms with Gasteiger partial charge < -0.3 is 9.84 Å². The number of phenols is 1. The topological polar surface area (TPSA) is 92.7 Å². The minimum absolute atomic E-state index is 0.0497. The summed E-state index contributed by atoms with van der Waals surface area (Å²) >= 11 is 12.7. The van der Waals surface area contributed by atoms with Crippen LogP contribution in [-0.2, 0) is 21.2 Å². The van der Waals surface area contributed by atoms with E-state index in [1.807, 2.05) is 0 Å². The highest BCUT2D eigenvalue weighted by Gasteiger charge is 2.14. The highest BCUT2D eigenvalue weighted by atomic mass is 35.5. The minimum Gasteiger partial charge on any atom is -0.507 e. The largest absolute Gasteiger partial charge is 0.507 e. The minimum atomic E-state index is -3.68. The van der Waals surface area contributed by atoms with Crippen LogP contribution in [0.25, 0.3) is 11.1 Å². The van der Waals surface area contributed by atoms with Gasteiger partial charge in [-0.2, -0.15) is 0 Å². The third-order valence-electron chi connectivity index (χ3n) is 4.38. The molecule has 0 aliphatic heterocycles. The maximum absolute atomic E-state index is 13.2. The molecule has 2 N–H and O–H groups in total. The maximum atomic E-state index is 13.2.